The number of rotatable bonds is 5. The zero-order valence-corrected chi connectivity index (χ0v) is 12.4. The molecule has 1 amide bonds. The van der Waals surface area contributed by atoms with Gasteiger partial charge in [-0.25, -0.2) is 4.79 Å². The minimum absolute atomic E-state index is 0.0635. The average Bonchev–Trinajstić information content (AvgIpc) is 2.54. The molecule has 1 aromatic rings. The van der Waals surface area contributed by atoms with Gasteiger partial charge in [0.05, 0.1) is 19.2 Å². The monoisotopic (exact) mass is 290 g/mol. The third-order valence-corrected chi connectivity index (χ3v) is 3.75. The molecule has 0 aliphatic heterocycles. The lowest BCUT2D eigenvalue weighted by atomic mass is 9.95. The van der Waals surface area contributed by atoms with E-state index in [0.717, 1.165) is 12.8 Å². The minimum atomic E-state index is -0.383. The van der Waals surface area contributed by atoms with Gasteiger partial charge in [0.1, 0.15) is 0 Å². The van der Waals surface area contributed by atoms with E-state index in [4.69, 9.17) is 0 Å². The van der Waals surface area contributed by atoms with E-state index < -0.39 is 0 Å². The highest BCUT2D eigenvalue weighted by molar-refractivity contribution is 5.93. The molecule has 114 valence electrons. The largest absolute Gasteiger partial charge is 0.465 e. The van der Waals surface area contributed by atoms with Crippen molar-refractivity contribution in [3.05, 3.63) is 29.8 Å². The Bertz CT molecular complexity index is 479. The van der Waals surface area contributed by atoms with Crippen LogP contribution in [0.15, 0.2) is 24.3 Å². The molecule has 5 nitrogen and oxygen atoms in total. The van der Waals surface area contributed by atoms with Gasteiger partial charge in [-0.1, -0.05) is 19.3 Å². The molecule has 0 unspecified atom stereocenters. The third-order valence-electron chi connectivity index (χ3n) is 3.75. The highest BCUT2D eigenvalue weighted by Gasteiger charge is 2.14. The Balaban J connectivity index is 1.77. The van der Waals surface area contributed by atoms with Crippen molar-refractivity contribution >= 4 is 17.6 Å². The van der Waals surface area contributed by atoms with E-state index in [9.17, 15) is 9.59 Å². The zero-order valence-electron chi connectivity index (χ0n) is 12.4. The predicted octanol–water partition coefficient (Wildman–Crippen LogP) is 2.33. The van der Waals surface area contributed by atoms with E-state index in [1.54, 1.807) is 24.3 Å². The molecule has 0 bridgehead atoms. The summed E-state index contributed by atoms with van der Waals surface area (Å²) < 4.78 is 4.63. The number of hydrogen-bond acceptors (Lipinski definition) is 4. The molecule has 0 atom stereocenters. The number of benzene rings is 1. The van der Waals surface area contributed by atoms with E-state index in [1.807, 2.05) is 0 Å². The van der Waals surface area contributed by atoms with Crippen LogP contribution in [0.3, 0.4) is 0 Å². The number of carbonyl (C=O) groups excluding carboxylic acids is 2. The Morgan fingerprint density at radius 1 is 1.14 bits per heavy atom. The summed E-state index contributed by atoms with van der Waals surface area (Å²) in [6.07, 6.45) is 6.10. The summed E-state index contributed by atoms with van der Waals surface area (Å²) in [5, 5.41) is 6.11. The second-order valence-corrected chi connectivity index (χ2v) is 5.33. The fourth-order valence-corrected chi connectivity index (χ4v) is 2.56. The smallest absolute Gasteiger partial charge is 0.337 e. The van der Waals surface area contributed by atoms with Crippen molar-refractivity contribution in [2.24, 2.45) is 0 Å². The first kappa shape index (κ1) is 15.5. The number of esters is 1. The van der Waals surface area contributed by atoms with Crippen molar-refractivity contribution < 1.29 is 14.3 Å². The minimum Gasteiger partial charge on any atom is -0.465 e. The van der Waals surface area contributed by atoms with Crippen LogP contribution in [-0.2, 0) is 9.53 Å². The first-order chi connectivity index (χ1) is 10.2. The number of methoxy groups -OCH3 is 1. The third kappa shape index (κ3) is 4.86. The number of carbonyl (C=O) groups is 2. The van der Waals surface area contributed by atoms with Crippen molar-refractivity contribution in [3.8, 4) is 0 Å². The van der Waals surface area contributed by atoms with Crippen molar-refractivity contribution in [1.82, 2.24) is 5.32 Å². The van der Waals surface area contributed by atoms with Gasteiger partial charge in [-0.05, 0) is 37.1 Å². The summed E-state index contributed by atoms with van der Waals surface area (Å²) in [6, 6.07) is 7.13. The number of ether oxygens (including phenoxy) is 1. The topological polar surface area (TPSA) is 67.4 Å². The number of hydrogen-bond donors (Lipinski definition) is 2. The van der Waals surface area contributed by atoms with Crippen LogP contribution in [-0.4, -0.2) is 31.6 Å². The van der Waals surface area contributed by atoms with Crippen LogP contribution in [0.4, 0.5) is 5.69 Å². The van der Waals surface area contributed by atoms with Gasteiger partial charge in [0.2, 0.25) is 5.91 Å². The first-order valence-electron chi connectivity index (χ1n) is 7.40. The molecule has 2 rings (SSSR count). The van der Waals surface area contributed by atoms with Crippen molar-refractivity contribution in [2.75, 3.05) is 19.0 Å². The van der Waals surface area contributed by atoms with Gasteiger partial charge < -0.3 is 15.4 Å². The van der Waals surface area contributed by atoms with Crippen LogP contribution in [0.1, 0.15) is 42.5 Å². The highest BCUT2D eigenvalue weighted by atomic mass is 16.5. The first-order valence-corrected chi connectivity index (χ1v) is 7.40. The molecule has 1 aliphatic carbocycles. The summed E-state index contributed by atoms with van der Waals surface area (Å²) in [6.45, 7) is 0.323. The maximum Gasteiger partial charge on any atom is 0.337 e. The number of anilines is 1. The van der Waals surface area contributed by atoms with Crippen LogP contribution in [0.25, 0.3) is 0 Å². The fraction of sp³-hybridized carbons (Fsp3) is 0.500. The predicted molar refractivity (Wildman–Crippen MR) is 81.3 cm³/mol. The lowest BCUT2D eigenvalue weighted by Crippen LogP contribution is -2.37. The van der Waals surface area contributed by atoms with E-state index in [2.05, 4.69) is 15.4 Å². The maximum atomic E-state index is 11.9. The Labute approximate surface area is 125 Å². The molecular weight excluding hydrogens is 268 g/mol. The molecule has 1 fully saturated rings. The average molecular weight is 290 g/mol. The quantitative estimate of drug-likeness (QED) is 0.817. The van der Waals surface area contributed by atoms with Gasteiger partial charge in [-0.15, -0.1) is 0 Å². The maximum absolute atomic E-state index is 11.9. The van der Waals surface area contributed by atoms with Crippen molar-refractivity contribution in [1.29, 1.82) is 0 Å². The Hall–Kier alpha value is -1.88. The van der Waals surface area contributed by atoms with Crippen LogP contribution in [0.5, 0.6) is 0 Å². The summed E-state index contributed by atoms with van der Waals surface area (Å²) in [5.74, 6) is -0.446. The standard InChI is InChI=1S/C16H22N2O3/c1-21-16(20)12-7-9-14(10-8-12)18-15(19)11-17-13-5-3-2-4-6-13/h7-10,13,17H,2-6,11H2,1H3,(H,18,19). The van der Waals surface area contributed by atoms with Crippen LogP contribution in [0.2, 0.25) is 0 Å². The lowest BCUT2D eigenvalue weighted by molar-refractivity contribution is -0.115. The van der Waals surface area contributed by atoms with E-state index in [1.165, 1.54) is 26.4 Å². The normalized spacial score (nSPS) is 15.5. The van der Waals surface area contributed by atoms with E-state index in [-0.39, 0.29) is 11.9 Å². The SMILES string of the molecule is COC(=O)c1ccc(NC(=O)CNC2CCCCC2)cc1. The van der Waals surface area contributed by atoms with E-state index in [0.29, 0.717) is 23.8 Å². The molecule has 1 saturated carbocycles. The Morgan fingerprint density at radius 3 is 2.43 bits per heavy atom. The van der Waals surface area contributed by atoms with Gasteiger partial charge >= 0.3 is 5.97 Å². The molecule has 1 aliphatic rings. The molecular formula is C16H22N2O3. The molecule has 5 heteroatoms. The molecule has 21 heavy (non-hydrogen) atoms. The zero-order chi connectivity index (χ0) is 15.1. The molecule has 1 aromatic carbocycles. The van der Waals surface area contributed by atoms with Crippen LogP contribution >= 0.6 is 0 Å². The second-order valence-electron chi connectivity index (χ2n) is 5.33. The number of nitrogens with one attached hydrogen (secondary N) is 2. The summed E-state index contributed by atoms with van der Waals surface area (Å²) >= 11 is 0. The Morgan fingerprint density at radius 2 is 1.81 bits per heavy atom. The molecule has 0 saturated heterocycles. The van der Waals surface area contributed by atoms with E-state index >= 15 is 0 Å². The van der Waals surface area contributed by atoms with Gasteiger partial charge in [0.15, 0.2) is 0 Å². The van der Waals surface area contributed by atoms with Gasteiger partial charge in [0.25, 0.3) is 0 Å². The summed E-state index contributed by atoms with van der Waals surface area (Å²) in [7, 11) is 1.34. The fourth-order valence-electron chi connectivity index (χ4n) is 2.56. The molecule has 0 radical (unpaired) electrons. The van der Waals surface area contributed by atoms with Gasteiger partial charge in [0, 0.05) is 11.7 Å². The van der Waals surface area contributed by atoms with Crippen molar-refractivity contribution in [3.63, 3.8) is 0 Å². The number of amides is 1. The lowest BCUT2D eigenvalue weighted by Gasteiger charge is -2.22. The molecule has 0 heterocycles. The Kier molecular flexibility index (Phi) is 5.75. The molecule has 0 spiro atoms. The molecule has 2 N–H and O–H groups in total. The van der Waals surface area contributed by atoms with Gasteiger partial charge in [-0.3, -0.25) is 4.79 Å². The van der Waals surface area contributed by atoms with Gasteiger partial charge in [-0.2, -0.15) is 0 Å². The second kappa shape index (κ2) is 7.78. The summed E-state index contributed by atoms with van der Waals surface area (Å²) in [4.78, 5) is 23.2. The van der Waals surface area contributed by atoms with Crippen LogP contribution < -0.4 is 10.6 Å². The highest BCUT2D eigenvalue weighted by Crippen LogP contribution is 2.17. The molecule has 0 aromatic heterocycles. The summed E-state index contributed by atoms with van der Waals surface area (Å²) in [5.41, 5.74) is 1.15. The van der Waals surface area contributed by atoms with Crippen LogP contribution in [0, 0.1) is 0 Å². The van der Waals surface area contributed by atoms with Crippen molar-refractivity contribution in [2.45, 2.75) is 38.1 Å².